The molecule has 1 aromatic heterocycles. The van der Waals surface area contributed by atoms with Crippen molar-refractivity contribution in [1.82, 2.24) is 9.88 Å². The second-order valence-corrected chi connectivity index (χ2v) is 4.08. The Bertz CT molecular complexity index is 358. The third-order valence-corrected chi connectivity index (χ3v) is 2.63. The number of hydrogen-bond acceptors (Lipinski definition) is 3. The van der Waals surface area contributed by atoms with E-state index in [1.807, 2.05) is 11.0 Å². The molecule has 0 saturated heterocycles. The number of aromatic nitrogens is 1. The summed E-state index contributed by atoms with van der Waals surface area (Å²) >= 11 is 11.7. The van der Waals surface area contributed by atoms with E-state index in [9.17, 15) is 0 Å². The molecule has 1 N–H and O–H groups in total. The molecule has 0 amide bonds. The smallest absolute Gasteiger partial charge is 0.135 e. The Kier molecular flexibility index (Phi) is 5.77. The van der Waals surface area contributed by atoms with Crippen LogP contribution in [-0.2, 0) is 6.54 Å². The minimum Gasteiger partial charge on any atom is -0.395 e. The SMILES string of the molecule is C=CCN(CCO)Cc1ccc(Cl)nc1Cl. The van der Waals surface area contributed by atoms with E-state index in [-0.39, 0.29) is 6.61 Å². The summed E-state index contributed by atoms with van der Waals surface area (Å²) in [7, 11) is 0. The molecule has 5 heteroatoms. The Hall–Kier alpha value is -0.610. The van der Waals surface area contributed by atoms with Gasteiger partial charge >= 0.3 is 0 Å². The molecule has 1 heterocycles. The summed E-state index contributed by atoms with van der Waals surface area (Å²) in [5, 5.41) is 9.69. The predicted molar refractivity (Wildman–Crippen MR) is 66.8 cm³/mol. The lowest BCUT2D eigenvalue weighted by molar-refractivity contribution is 0.203. The van der Waals surface area contributed by atoms with Crippen molar-refractivity contribution in [2.75, 3.05) is 19.7 Å². The van der Waals surface area contributed by atoms with E-state index >= 15 is 0 Å². The van der Waals surface area contributed by atoms with Crippen LogP contribution in [0, 0.1) is 0 Å². The second-order valence-electron chi connectivity index (χ2n) is 3.33. The highest BCUT2D eigenvalue weighted by Gasteiger charge is 2.08. The Labute approximate surface area is 105 Å². The van der Waals surface area contributed by atoms with E-state index in [4.69, 9.17) is 28.3 Å². The van der Waals surface area contributed by atoms with Crippen molar-refractivity contribution in [3.63, 3.8) is 0 Å². The molecule has 1 aromatic rings. The first-order valence-corrected chi connectivity index (χ1v) is 5.68. The van der Waals surface area contributed by atoms with Crippen molar-refractivity contribution >= 4 is 23.2 Å². The maximum absolute atomic E-state index is 8.91. The van der Waals surface area contributed by atoms with E-state index in [1.165, 1.54) is 0 Å². The highest BCUT2D eigenvalue weighted by molar-refractivity contribution is 6.32. The first-order chi connectivity index (χ1) is 7.67. The summed E-state index contributed by atoms with van der Waals surface area (Å²) in [6.45, 7) is 5.66. The van der Waals surface area contributed by atoms with Gasteiger partial charge in [-0.2, -0.15) is 0 Å². The van der Waals surface area contributed by atoms with Crippen molar-refractivity contribution in [2.24, 2.45) is 0 Å². The van der Waals surface area contributed by atoms with Crippen LogP contribution in [-0.4, -0.2) is 34.7 Å². The van der Waals surface area contributed by atoms with Gasteiger partial charge in [-0.25, -0.2) is 4.98 Å². The fraction of sp³-hybridized carbons (Fsp3) is 0.364. The van der Waals surface area contributed by atoms with Gasteiger partial charge in [0.25, 0.3) is 0 Å². The minimum absolute atomic E-state index is 0.104. The van der Waals surface area contributed by atoms with Gasteiger partial charge in [-0.3, -0.25) is 4.90 Å². The molecule has 1 rings (SSSR count). The summed E-state index contributed by atoms with van der Waals surface area (Å²) in [4.78, 5) is 5.98. The molecule has 0 spiro atoms. The van der Waals surface area contributed by atoms with E-state index in [2.05, 4.69) is 11.6 Å². The molecule has 0 radical (unpaired) electrons. The van der Waals surface area contributed by atoms with Gasteiger partial charge in [0.1, 0.15) is 10.3 Å². The van der Waals surface area contributed by atoms with E-state index in [0.717, 1.165) is 5.56 Å². The molecule has 0 aromatic carbocycles. The summed E-state index contributed by atoms with van der Waals surface area (Å²) in [5.41, 5.74) is 0.890. The summed E-state index contributed by atoms with van der Waals surface area (Å²) < 4.78 is 0. The molecule has 3 nitrogen and oxygen atoms in total. The van der Waals surface area contributed by atoms with E-state index < -0.39 is 0 Å². The lowest BCUT2D eigenvalue weighted by atomic mass is 10.2. The van der Waals surface area contributed by atoms with Crippen molar-refractivity contribution < 1.29 is 5.11 Å². The molecule has 0 aliphatic heterocycles. The zero-order chi connectivity index (χ0) is 12.0. The zero-order valence-electron chi connectivity index (χ0n) is 8.87. The van der Waals surface area contributed by atoms with Crippen LogP contribution in [0.25, 0.3) is 0 Å². The number of rotatable bonds is 6. The first kappa shape index (κ1) is 13.5. The number of pyridine rings is 1. The highest BCUT2D eigenvalue weighted by Crippen LogP contribution is 2.18. The van der Waals surface area contributed by atoms with Crippen LogP contribution in [0.2, 0.25) is 10.3 Å². The van der Waals surface area contributed by atoms with Crippen LogP contribution in [0.5, 0.6) is 0 Å². The molecule has 0 bridgehead atoms. The normalized spacial score (nSPS) is 10.8. The van der Waals surface area contributed by atoms with Crippen LogP contribution >= 0.6 is 23.2 Å². The summed E-state index contributed by atoms with van der Waals surface area (Å²) in [6, 6.07) is 3.54. The lowest BCUT2D eigenvalue weighted by Crippen LogP contribution is -2.26. The molecule has 88 valence electrons. The van der Waals surface area contributed by atoms with Crippen molar-refractivity contribution in [1.29, 1.82) is 0 Å². The number of hydrogen-bond donors (Lipinski definition) is 1. The minimum atomic E-state index is 0.104. The van der Waals surface area contributed by atoms with Gasteiger partial charge in [-0.05, 0) is 6.07 Å². The van der Waals surface area contributed by atoms with Crippen molar-refractivity contribution in [2.45, 2.75) is 6.54 Å². The predicted octanol–water partition coefficient (Wildman–Crippen LogP) is 2.37. The highest BCUT2D eigenvalue weighted by atomic mass is 35.5. The van der Waals surface area contributed by atoms with Gasteiger partial charge in [-0.15, -0.1) is 6.58 Å². The van der Waals surface area contributed by atoms with Gasteiger partial charge < -0.3 is 5.11 Å². The Morgan fingerprint density at radius 3 is 2.75 bits per heavy atom. The van der Waals surface area contributed by atoms with Crippen molar-refractivity contribution in [3.05, 3.63) is 40.7 Å². The molecule has 0 fully saturated rings. The van der Waals surface area contributed by atoms with Crippen LogP contribution < -0.4 is 0 Å². The van der Waals surface area contributed by atoms with Crippen LogP contribution in [0.3, 0.4) is 0 Å². The lowest BCUT2D eigenvalue weighted by Gasteiger charge is -2.19. The average Bonchev–Trinajstić information content (AvgIpc) is 2.23. The molecule has 0 aliphatic carbocycles. The molecule has 0 atom stereocenters. The van der Waals surface area contributed by atoms with Gasteiger partial charge in [-0.1, -0.05) is 35.3 Å². The molecule has 0 aliphatic rings. The number of nitrogens with zero attached hydrogens (tertiary/aromatic N) is 2. The quantitative estimate of drug-likeness (QED) is 0.631. The van der Waals surface area contributed by atoms with Crippen molar-refractivity contribution in [3.8, 4) is 0 Å². The maximum atomic E-state index is 8.91. The monoisotopic (exact) mass is 260 g/mol. The first-order valence-electron chi connectivity index (χ1n) is 4.92. The molecule has 0 saturated carbocycles. The van der Waals surface area contributed by atoms with Crippen LogP contribution in [0.4, 0.5) is 0 Å². The number of aliphatic hydroxyl groups excluding tert-OH is 1. The number of halogens is 2. The number of aliphatic hydroxyl groups is 1. The van der Waals surface area contributed by atoms with Gasteiger partial charge in [0.2, 0.25) is 0 Å². The third-order valence-electron chi connectivity index (χ3n) is 2.09. The van der Waals surface area contributed by atoms with E-state index in [1.54, 1.807) is 12.1 Å². The average molecular weight is 261 g/mol. The molecular formula is C11H14Cl2N2O. The van der Waals surface area contributed by atoms with Crippen LogP contribution in [0.1, 0.15) is 5.56 Å². The summed E-state index contributed by atoms with van der Waals surface area (Å²) in [6.07, 6.45) is 1.78. The molecule has 16 heavy (non-hydrogen) atoms. The van der Waals surface area contributed by atoms with E-state index in [0.29, 0.717) is 29.9 Å². The fourth-order valence-corrected chi connectivity index (χ4v) is 1.76. The zero-order valence-corrected chi connectivity index (χ0v) is 10.4. The molecule has 0 unspecified atom stereocenters. The Balaban J connectivity index is 2.72. The second kappa shape index (κ2) is 6.86. The van der Waals surface area contributed by atoms with Gasteiger partial charge in [0, 0.05) is 25.2 Å². The van der Waals surface area contributed by atoms with Gasteiger partial charge in [0.05, 0.1) is 6.61 Å². The summed E-state index contributed by atoms with van der Waals surface area (Å²) in [5.74, 6) is 0. The van der Waals surface area contributed by atoms with Gasteiger partial charge in [0.15, 0.2) is 0 Å². The molecular weight excluding hydrogens is 247 g/mol. The topological polar surface area (TPSA) is 36.4 Å². The third kappa shape index (κ3) is 4.10. The standard InChI is InChI=1S/C11H14Cl2N2O/c1-2-5-15(6-7-16)8-9-3-4-10(12)14-11(9)13/h2-4,16H,1,5-8H2. The van der Waals surface area contributed by atoms with Crippen LogP contribution in [0.15, 0.2) is 24.8 Å². The largest absolute Gasteiger partial charge is 0.395 e. The maximum Gasteiger partial charge on any atom is 0.135 e. The fourth-order valence-electron chi connectivity index (χ4n) is 1.36. The Morgan fingerprint density at radius 2 is 2.19 bits per heavy atom. The Morgan fingerprint density at radius 1 is 1.44 bits per heavy atom.